The second-order valence-corrected chi connectivity index (χ2v) is 9.74. The molecule has 0 aliphatic heterocycles. The van der Waals surface area contributed by atoms with E-state index in [4.69, 9.17) is 11.6 Å². The van der Waals surface area contributed by atoms with E-state index in [1.807, 2.05) is 87.5 Å². The minimum absolute atomic E-state index is 0.330. The third-order valence-electron chi connectivity index (χ3n) is 4.94. The largest absolute Gasteiger partial charge is 0.243 e. The fraction of sp³-hybridized carbons (Fsp3) is 0.250. The predicted molar refractivity (Wildman–Crippen MR) is 120 cm³/mol. The maximum absolute atomic E-state index is 13.7. The Morgan fingerprint density at radius 2 is 1.45 bits per heavy atom. The Balaban J connectivity index is 1.97. The molecular weight excluding hydrogens is 402 g/mol. The van der Waals surface area contributed by atoms with Crippen LogP contribution in [0.1, 0.15) is 27.8 Å². The summed E-state index contributed by atoms with van der Waals surface area (Å²) in [7, 11) is -3.66. The second kappa shape index (κ2) is 9.12. The molecule has 0 radical (unpaired) electrons. The van der Waals surface area contributed by atoms with Crippen molar-refractivity contribution in [2.75, 3.05) is 6.54 Å². The van der Waals surface area contributed by atoms with Crippen LogP contribution in [0.15, 0.2) is 71.6 Å². The molecule has 3 nitrogen and oxygen atoms in total. The standard InChI is InChI=1S/C24H26ClNO2S/c1-18-14-19(2)24(20(3)15-18)29(27,28)26(17-22-8-5-4-6-9-22)13-12-21-10-7-11-23(25)16-21/h4-11,14-16H,12-13,17H2,1-3H3. The molecule has 0 fully saturated rings. The molecule has 0 atom stereocenters. The average Bonchev–Trinajstić information content (AvgIpc) is 2.64. The lowest BCUT2D eigenvalue weighted by Crippen LogP contribution is -2.33. The summed E-state index contributed by atoms with van der Waals surface area (Å²) < 4.78 is 28.9. The average molecular weight is 428 g/mol. The fourth-order valence-corrected chi connectivity index (χ4v) is 5.77. The first-order valence-electron chi connectivity index (χ1n) is 9.64. The molecule has 0 aromatic heterocycles. The van der Waals surface area contributed by atoms with Gasteiger partial charge in [-0.15, -0.1) is 0 Å². The van der Waals surface area contributed by atoms with Gasteiger partial charge in [-0.2, -0.15) is 4.31 Å². The fourth-order valence-electron chi connectivity index (χ4n) is 3.72. The Morgan fingerprint density at radius 3 is 2.07 bits per heavy atom. The first-order valence-corrected chi connectivity index (χ1v) is 11.5. The Labute approximate surface area is 179 Å². The van der Waals surface area contributed by atoms with Gasteiger partial charge in [0.1, 0.15) is 0 Å². The van der Waals surface area contributed by atoms with Crippen LogP contribution in [-0.4, -0.2) is 19.3 Å². The van der Waals surface area contributed by atoms with Gasteiger partial charge in [0.2, 0.25) is 10.0 Å². The molecule has 0 aliphatic rings. The summed E-state index contributed by atoms with van der Waals surface area (Å²) >= 11 is 6.10. The summed E-state index contributed by atoms with van der Waals surface area (Å²) in [5, 5.41) is 0.658. The monoisotopic (exact) mass is 427 g/mol. The molecular formula is C24H26ClNO2S. The summed E-state index contributed by atoms with van der Waals surface area (Å²) in [6, 6.07) is 21.1. The predicted octanol–water partition coefficient (Wildman–Crippen LogP) is 5.70. The molecule has 0 saturated carbocycles. The highest BCUT2D eigenvalue weighted by Crippen LogP contribution is 2.27. The minimum Gasteiger partial charge on any atom is -0.207 e. The smallest absolute Gasteiger partial charge is 0.207 e. The Hall–Kier alpha value is -2.14. The molecule has 0 bridgehead atoms. The normalized spacial score (nSPS) is 11.8. The number of rotatable bonds is 7. The van der Waals surface area contributed by atoms with Crippen molar-refractivity contribution >= 4 is 21.6 Å². The van der Waals surface area contributed by atoms with Gasteiger partial charge in [-0.25, -0.2) is 8.42 Å². The van der Waals surface area contributed by atoms with Gasteiger partial charge in [-0.05, 0) is 61.6 Å². The number of benzene rings is 3. The van der Waals surface area contributed by atoms with Crippen LogP contribution in [0.4, 0.5) is 0 Å². The molecule has 0 spiro atoms. The molecule has 152 valence electrons. The number of hydrogen-bond acceptors (Lipinski definition) is 2. The maximum Gasteiger partial charge on any atom is 0.243 e. The van der Waals surface area contributed by atoms with Crippen LogP contribution in [0.5, 0.6) is 0 Å². The van der Waals surface area contributed by atoms with E-state index in [0.717, 1.165) is 27.8 Å². The lowest BCUT2D eigenvalue weighted by Gasteiger charge is -2.25. The number of halogens is 1. The van der Waals surface area contributed by atoms with Crippen LogP contribution in [0, 0.1) is 20.8 Å². The molecule has 0 unspecified atom stereocenters. The first-order chi connectivity index (χ1) is 13.8. The highest BCUT2D eigenvalue weighted by molar-refractivity contribution is 7.89. The van der Waals surface area contributed by atoms with Crippen molar-refractivity contribution < 1.29 is 8.42 Å². The van der Waals surface area contributed by atoms with E-state index in [1.165, 1.54) is 0 Å². The lowest BCUT2D eigenvalue weighted by atomic mass is 10.1. The van der Waals surface area contributed by atoms with E-state index in [2.05, 4.69) is 0 Å². The van der Waals surface area contributed by atoms with Crippen LogP contribution in [0.3, 0.4) is 0 Å². The van der Waals surface area contributed by atoms with Gasteiger partial charge in [0.15, 0.2) is 0 Å². The van der Waals surface area contributed by atoms with Gasteiger partial charge in [0, 0.05) is 18.1 Å². The third kappa shape index (κ3) is 5.27. The topological polar surface area (TPSA) is 37.4 Å². The molecule has 3 rings (SSSR count). The van der Waals surface area contributed by atoms with Gasteiger partial charge in [-0.1, -0.05) is 71.8 Å². The molecule has 29 heavy (non-hydrogen) atoms. The van der Waals surface area contributed by atoms with Crippen molar-refractivity contribution in [3.05, 3.63) is 99.6 Å². The molecule has 0 heterocycles. The second-order valence-electron chi connectivity index (χ2n) is 7.43. The van der Waals surface area contributed by atoms with E-state index in [-0.39, 0.29) is 0 Å². The van der Waals surface area contributed by atoms with Crippen LogP contribution in [0.25, 0.3) is 0 Å². The number of aryl methyl sites for hydroxylation is 3. The minimum atomic E-state index is -3.66. The molecule has 5 heteroatoms. The van der Waals surface area contributed by atoms with Gasteiger partial charge in [0.05, 0.1) is 4.90 Å². The molecule has 3 aromatic rings. The summed E-state index contributed by atoms with van der Waals surface area (Å²) in [5.41, 5.74) is 4.60. The summed E-state index contributed by atoms with van der Waals surface area (Å²) in [5.74, 6) is 0. The zero-order valence-electron chi connectivity index (χ0n) is 17.0. The highest BCUT2D eigenvalue weighted by atomic mass is 35.5. The van der Waals surface area contributed by atoms with Crippen molar-refractivity contribution in [1.29, 1.82) is 0 Å². The highest BCUT2D eigenvalue weighted by Gasteiger charge is 2.28. The van der Waals surface area contributed by atoms with Crippen molar-refractivity contribution in [3.8, 4) is 0 Å². The molecule has 0 amide bonds. The Bertz CT molecular complexity index is 1070. The van der Waals surface area contributed by atoms with Crippen LogP contribution >= 0.6 is 11.6 Å². The van der Waals surface area contributed by atoms with Gasteiger partial charge < -0.3 is 0 Å². The van der Waals surface area contributed by atoms with E-state index in [0.29, 0.717) is 29.4 Å². The summed E-state index contributed by atoms with van der Waals surface area (Å²) in [4.78, 5) is 0.408. The third-order valence-corrected chi connectivity index (χ3v) is 7.33. The van der Waals surface area contributed by atoms with Gasteiger partial charge in [-0.3, -0.25) is 0 Å². The first kappa shape index (κ1) is 21.6. The molecule has 0 saturated heterocycles. The number of hydrogen-bond donors (Lipinski definition) is 0. The zero-order valence-corrected chi connectivity index (χ0v) is 18.6. The lowest BCUT2D eigenvalue weighted by molar-refractivity contribution is 0.409. The zero-order chi connectivity index (χ0) is 21.0. The van der Waals surface area contributed by atoms with Gasteiger partial charge in [0.25, 0.3) is 0 Å². The van der Waals surface area contributed by atoms with Gasteiger partial charge >= 0.3 is 0 Å². The van der Waals surface area contributed by atoms with Crippen molar-refractivity contribution in [1.82, 2.24) is 4.31 Å². The Kier molecular flexibility index (Phi) is 6.78. The van der Waals surface area contributed by atoms with E-state index >= 15 is 0 Å². The summed E-state index contributed by atoms with van der Waals surface area (Å²) in [6.45, 7) is 6.42. The summed E-state index contributed by atoms with van der Waals surface area (Å²) in [6.07, 6.45) is 0.594. The molecule has 3 aromatic carbocycles. The van der Waals surface area contributed by atoms with E-state index in [9.17, 15) is 8.42 Å². The van der Waals surface area contributed by atoms with Crippen molar-refractivity contribution in [2.45, 2.75) is 38.6 Å². The van der Waals surface area contributed by atoms with Crippen molar-refractivity contribution in [3.63, 3.8) is 0 Å². The Morgan fingerprint density at radius 1 is 0.828 bits per heavy atom. The van der Waals surface area contributed by atoms with Crippen molar-refractivity contribution in [2.24, 2.45) is 0 Å². The quantitative estimate of drug-likeness (QED) is 0.485. The molecule has 0 aliphatic carbocycles. The number of nitrogens with zero attached hydrogens (tertiary/aromatic N) is 1. The number of sulfonamides is 1. The van der Waals surface area contributed by atoms with E-state index in [1.54, 1.807) is 4.31 Å². The van der Waals surface area contributed by atoms with Crippen LogP contribution in [-0.2, 0) is 23.0 Å². The van der Waals surface area contributed by atoms with Crippen LogP contribution in [0.2, 0.25) is 5.02 Å². The maximum atomic E-state index is 13.7. The molecule has 0 N–H and O–H groups in total. The van der Waals surface area contributed by atoms with Crippen LogP contribution < -0.4 is 0 Å². The van der Waals surface area contributed by atoms with E-state index < -0.39 is 10.0 Å². The SMILES string of the molecule is Cc1cc(C)c(S(=O)(=O)N(CCc2cccc(Cl)c2)Cc2ccccc2)c(C)c1.